The predicted octanol–water partition coefficient (Wildman–Crippen LogP) is 4.03. The fourth-order valence-electron chi connectivity index (χ4n) is 5.70. The first-order chi connectivity index (χ1) is 21.5. The van der Waals surface area contributed by atoms with Crippen molar-refractivity contribution in [1.82, 2.24) is 24.4 Å². The highest BCUT2D eigenvalue weighted by atomic mass is 19.4. The van der Waals surface area contributed by atoms with Crippen LogP contribution in [0.4, 0.5) is 24.7 Å². The van der Waals surface area contributed by atoms with Crippen molar-refractivity contribution in [3.63, 3.8) is 0 Å². The fraction of sp³-hybridized carbons (Fsp3) is 0.364. The summed E-state index contributed by atoms with van der Waals surface area (Å²) in [6.45, 7) is 6.56. The Morgan fingerprint density at radius 3 is 2.60 bits per heavy atom. The maximum atomic E-state index is 13.8. The number of alkyl halides is 3. The van der Waals surface area contributed by atoms with Crippen molar-refractivity contribution in [3.05, 3.63) is 88.2 Å². The Morgan fingerprint density at radius 1 is 1.07 bits per heavy atom. The number of anilines is 2. The van der Waals surface area contributed by atoms with Crippen LogP contribution >= 0.6 is 0 Å². The number of likely N-dealkylation sites (N-methyl/N-ethyl adjacent to an activating group) is 1. The second-order valence-electron chi connectivity index (χ2n) is 11.7. The molecule has 6 rings (SSSR count). The number of halogens is 3. The van der Waals surface area contributed by atoms with Crippen LogP contribution in [0.25, 0.3) is 5.65 Å². The molecule has 2 fully saturated rings. The number of piperazine rings is 1. The SMILES string of the molecule is Cc1c(C#Cc2cnc3ccc(N4CC[C@H](O)C4)nn23)cccc1C(=O)Nc1cc(CN2CCN(C)CC2)cc(C(F)(F)F)c1. The highest BCUT2D eigenvalue weighted by Crippen LogP contribution is 2.33. The van der Waals surface area contributed by atoms with Crippen molar-refractivity contribution in [2.24, 2.45) is 0 Å². The average molecular weight is 618 g/mol. The average Bonchev–Trinajstić information content (AvgIpc) is 3.63. The third-order valence-electron chi connectivity index (χ3n) is 8.32. The minimum Gasteiger partial charge on any atom is -0.391 e. The number of amides is 1. The van der Waals surface area contributed by atoms with Gasteiger partial charge in [-0.25, -0.2) is 9.50 Å². The van der Waals surface area contributed by atoms with Crippen LogP contribution in [0.2, 0.25) is 0 Å². The van der Waals surface area contributed by atoms with Gasteiger partial charge in [-0.15, -0.1) is 5.10 Å². The topological polar surface area (TPSA) is 89.2 Å². The van der Waals surface area contributed by atoms with Crippen molar-refractivity contribution < 1.29 is 23.1 Å². The van der Waals surface area contributed by atoms with E-state index in [0.29, 0.717) is 59.7 Å². The van der Waals surface area contributed by atoms with Gasteiger partial charge >= 0.3 is 6.18 Å². The van der Waals surface area contributed by atoms with E-state index in [1.807, 2.05) is 24.1 Å². The first-order valence-electron chi connectivity index (χ1n) is 14.9. The van der Waals surface area contributed by atoms with Gasteiger partial charge in [0.15, 0.2) is 5.65 Å². The molecule has 12 heteroatoms. The summed E-state index contributed by atoms with van der Waals surface area (Å²) in [4.78, 5) is 24.1. The lowest BCUT2D eigenvalue weighted by Crippen LogP contribution is -2.43. The lowest BCUT2D eigenvalue weighted by Gasteiger charge is -2.32. The molecule has 2 aliphatic heterocycles. The first-order valence-corrected chi connectivity index (χ1v) is 14.9. The monoisotopic (exact) mass is 617 g/mol. The van der Waals surface area contributed by atoms with Crippen molar-refractivity contribution >= 4 is 23.1 Å². The van der Waals surface area contributed by atoms with E-state index in [0.717, 1.165) is 44.1 Å². The number of nitrogens with zero attached hydrogens (tertiary/aromatic N) is 6. The van der Waals surface area contributed by atoms with E-state index in [-0.39, 0.29) is 11.8 Å². The standard InChI is InChI=1S/C33H34F3N7O2/c1-22-24(6-7-27-19-37-30-8-9-31(39-43(27)30)42-11-10-28(44)21-42)4-3-5-29(22)32(45)38-26-17-23(16-25(18-26)33(34,35)36)20-41-14-12-40(2)13-15-41/h3-5,8-9,16-19,28,44H,10-15,20-21H2,1-2H3,(H,38,45)/t28-/m0/s1. The largest absolute Gasteiger partial charge is 0.416 e. The van der Waals surface area contributed by atoms with Gasteiger partial charge < -0.3 is 20.2 Å². The number of nitrogens with one attached hydrogen (secondary N) is 1. The summed E-state index contributed by atoms with van der Waals surface area (Å²) >= 11 is 0. The quantitative estimate of drug-likeness (QED) is 0.327. The van der Waals surface area contributed by atoms with E-state index in [1.54, 1.807) is 41.9 Å². The van der Waals surface area contributed by atoms with Crippen molar-refractivity contribution in [1.29, 1.82) is 0 Å². The van der Waals surface area contributed by atoms with Gasteiger partial charge in [0.2, 0.25) is 0 Å². The Bertz CT molecular complexity index is 1780. The lowest BCUT2D eigenvalue weighted by atomic mass is 10.0. The Labute approximate surface area is 259 Å². The third kappa shape index (κ3) is 6.96. The van der Waals surface area contributed by atoms with Gasteiger partial charge in [0.05, 0.1) is 17.9 Å². The maximum Gasteiger partial charge on any atom is 0.416 e. The van der Waals surface area contributed by atoms with Gasteiger partial charge in [0.1, 0.15) is 11.5 Å². The summed E-state index contributed by atoms with van der Waals surface area (Å²) in [7, 11) is 2.02. The number of aromatic nitrogens is 3. The fourth-order valence-corrected chi connectivity index (χ4v) is 5.70. The van der Waals surface area contributed by atoms with Crippen LogP contribution in [-0.2, 0) is 12.7 Å². The van der Waals surface area contributed by atoms with E-state index in [4.69, 9.17) is 0 Å². The number of rotatable bonds is 5. The number of benzene rings is 2. The van der Waals surface area contributed by atoms with Crippen LogP contribution in [-0.4, -0.2) is 87.8 Å². The Kier molecular flexibility index (Phi) is 8.50. The molecule has 2 N–H and O–H groups in total. The van der Waals surface area contributed by atoms with E-state index in [1.165, 1.54) is 0 Å². The molecule has 0 radical (unpaired) electrons. The zero-order valence-corrected chi connectivity index (χ0v) is 25.1. The van der Waals surface area contributed by atoms with E-state index in [2.05, 4.69) is 37.0 Å². The molecule has 0 spiro atoms. The highest BCUT2D eigenvalue weighted by molar-refractivity contribution is 6.05. The number of β-amino-alcohol motifs (C(OH)–C–C–N with tert-alkyl or cyclic N) is 1. The molecular formula is C33H34F3N7O2. The molecule has 1 amide bonds. The minimum atomic E-state index is -4.55. The number of fused-ring (bicyclic) bond motifs is 1. The Hall–Kier alpha value is -4.44. The Balaban J connectivity index is 1.23. The summed E-state index contributed by atoms with van der Waals surface area (Å²) in [6.07, 6.45) is -2.62. The molecule has 2 aromatic carbocycles. The number of carbonyl (C=O) groups excluding carboxylic acids is 1. The van der Waals surface area contributed by atoms with E-state index >= 15 is 0 Å². The molecule has 234 valence electrons. The number of imidazole rings is 1. The van der Waals surface area contributed by atoms with Crippen LogP contribution in [0, 0.1) is 18.8 Å². The van der Waals surface area contributed by atoms with Crippen molar-refractivity contribution in [3.8, 4) is 11.8 Å². The van der Waals surface area contributed by atoms with Gasteiger partial charge in [-0.2, -0.15) is 13.2 Å². The molecule has 2 saturated heterocycles. The molecular weight excluding hydrogens is 583 g/mol. The molecule has 2 aromatic heterocycles. The number of aliphatic hydroxyl groups is 1. The molecule has 2 aliphatic rings. The second-order valence-corrected chi connectivity index (χ2v) is 11.7. The number of carbonyl (C=O) groups is 1. The Morgan fingerprint density at radius 2 is 1.87 bits per heavy atom. The molecule has 1 atom stereocenters. The molecule has 9 nitrogen and oxygen atoms in total. The van der Waals surface area contributed by atoms with Crippen molar-refractivity contribution in [2.75, 3.05) is 56.5 Å². The van der Waals surface area contributed by atoms with Crippen LogP contribution < -0.4 is 10.2 Å². The zero-order valence-electron chi connectivity index (χ0n) is 25.1. The molecule has 0 unspecified atom stereocenters. The number of hydrogen-bond acceptors (Lipinski definition) is 7. The summed E-state index contributed by atoms with van der Waals surface area (Å²) < 4.78 is 43.0. The van der Waals surface area contributed by atoms with Gasteiger partial charge in [-0.1, -0.05) is 12.0 Å². The number of aliphatic hydroxyl groups excluding tert-OH is 1. The lowest BCUT2D eigenvalue weighted by molar-refractivity contribution is -0.137. The smallest absolute Gasteiger partial charge is 0.391 e. The van der Waals surface area contributed by atoms with Crippen LogP contribution in [0.1, 0.15) is 44.7 Å². The first kappa shape index (κ1) is 30.6. The second kappa shape index (κ2) is 12.5. The molecule has 0 saturated carbocycles. The molecule has 0 aliphatic carbocycles. The molecule has 0 bridgehead atoms. The number of hydrogen-bond donors (Lipinski definition) is 2. The third-order valence-corrected chi connectivity index (χ3v) is 8.32. The summed E-state index contributed by atoms with van der Waals surface area (Å²) in [5.41, 5.74) is 2.47. The van der Waals surface area contributed by atoms with Crippen LogP contribution in [0.5, 0.6) is 0 Å². The summed E-state index contributed by atoms with van der Waals surface area (Å²) in [6, 6.07) is 12.6. The normalized spacial score (nSPS) is 17.8. The van der Waals surface area contributed by atoms with Gasteiger partial charge in [-0.05, 0) is 79.9 Å². The van der Waals surface area contributed by atoms with Crippen molar-refractivity contribution in [2.45, 2.75) is 32.2 Å². The van der Waals surface area contributed by atoms with Gasteiger partial charge in [0, 0.05) is 62.6 Å². The predicted molar refractivity (Wildman–Crippen MR) is 165 cm³/mol. The van der Waals surface area contributed by atoms with Gasteiger partial charge in [0.25, 0.3) is 5.91 Å². The van der Waals surface area contributed by atoms with Crippen LogP contribution in [0.15, 0.2) is 54.7 Å². The molecule has 4 heterocycles. The van der Waals surface area contributed by atoms with Crippen LogP contribution in [0.3, 0.4) is 0 Å². The minimum absolute atomic E-state index is 0.0907. The van der Waals surface area contributed by atoms with Gasteiger partial charge in [-0.3, -0.25) is 9.69 Å². The van der Waals surface area contributed by atoms with E-state index < -0.39 is 17.6 Å². The summed E-state index contributed by atoms with van der Waals surface area (Å²) in [5, 5.41) is 17.3. The highest BCUT2D eigenvalue weighted by Gasteiger charge is 2.32. The van der Waals surface area contributed by atoms with E-state index in [9.17, 15) is 23.1 Å². The maximum absolute atomic E-state index is 13.8. The zero-order chi connectivity index (χ0) is 31.7. The molecule has 45 heavy (non-hydrogen) atoms. The molecule has 4 aromatic rings. The summed E-state index contributed by atoms with van der Waals surface area (Å²) in [5.74, 6) is 6.40.